The minimum absolute atomic E-state index is 0.0203. The largest absolute Gasteiger partial charge is 0.497 e. The Hall–Kier alpha value is -4.66. The van der Waals surface area contributed by atoms with Gasteiger partial charge in [0.25, 0.3) is 0 Å². The molecule has 0 atom stereocenters. The molecule has 0 radical (unpaired) electrons. The van der Waals surface area contributed by atoms with E-state index in [1.54, 1.807) is 54.6 Å². The van der Waals surface area contributed by atoms with Crippen molar-refractivity contribution in [2.75, 3.05) is 33.7 Å². The first-order chi connectivity index (χ1) is 19.4. The first-order valence-corrected chi connectivity index (χ1v) is 13.0. The number of fused-ring (bicyclic) bond motifs is 1. The van der Waals surface area contributed by atoms with Gasteiger partial charge in [-0.2, -0.15) is 0 Å². The number of methoxy groups -OCH3 is 1. The average molecular weight is 549 g/mol. The van der Waals surface area contributed by atoms with Crippen molar-refractivity contribution in [3.63, 3.8) is 0 Å². The molecule has 9 heteroatoms. The number of carboxylic acid groups (broad SMARTS) is 1. The number of aliphatic carboxylic acids is 1. The van der Waals surface area contributed by atoms with Gasteiger partial charge in [-0.3, -0.25) is 4.79 Å². The fraction of sp³-hybridized carbons (Fsp3) is 0.290. The number of hydrogen-bond donors (Lipinski definition) is 1. The Labute approximate surface area is 232 Å². The molecule has 0 unspecified atom stereocenters. The monoisotopic (exact) mass is 548 g/mol. The molecule has 0 aromatic heterocycles. The third kappa shape index (κ3) is 6.14. The summed E-state index contributed by atoms with van der Waals surface area (Å²) in [6, 6.07) is 14.8. The topological polar surface area (TPSA) is 110 Å². The first-order valence-electron chi connectivity index (χ1n) is 13.0. The molecule has 9 nitrogen and oxygen atoms in total. The summed E-state index contributed by atoms with van der Waals surface area (Å²) in [7, 11) is 1.53. The molecular weight excluding hydrogens is 516 g/mol. The third-order valence-corrected chi connectivity index (χ3v) is 6.15. The Morgan fingerprint density at radius 2 is 1.40 bits per heavy atom. The summed E-state index contributed by atoms with van der Waals surface area (Å²) in [5, 5.41) is 10.4. The summed E-state index contributed by atoms with van der Waals surface area (Å²) in [4.78, 5) is 26.8. The summed E-state index contributed by atoms with van der Waals surface area (Å²) in [5.74, 6) is 1.14. The molecule has 1 aliphatic rings. The van der Waals surface area contributed by atoms with Crippen molar-refractivity contribution < 1.29 is 43.1 Å². The van der Waals surface area contributed by atoms with E-state index in [0.717, 1.165) is 0 Å². The fourth-order valence-electron chi connectivity index (χ4n) is 4.43. The zero-order chi connectivity index (χ0) is 28.6. The Kier molecular flexibility index (Phi) is 9.16. The van der Waals surface area contributed by atoms with Crippen LogP contribution in [0.5, 0.6) is 34.5 Å². The van der Waals surface area contributed by atoms with E-state index in [9.17, 15) is 14.7 Å². The number of carbonyl (C=O) groups is 2. The second kappa shape index (κ2) is 12.9. The maximum Gasteiger partial charge on any atom is 0.336 e. The van der Waals surface area contributed by atoms with E-state index in [4.69, 9.17) is 28.4 Å². The van der Waals surface area contributed by atoms with E-state index in [0.29, 0.717) is 71.0 Å². The molecule has 0 spiro atoms. The van der Waals surface area contributed by atoms with Crippen LogP contribution in [0.2, 0.25) is 0 Å². The van der Waals surface area contributed by atoms with Crippen molar-refractivity contribution >= 4 is 17.3 Å². The van der Waals surface area contributed by atoms with Crippen molar-refractivity contribution in [3.05, 3.63) is 76.9 Å². The molecule has 0 aliphatic carbocycles. The van der Waals surface area contributed by atoms with Crippen LogP contribution in [-0.2, 0) is 11.2 Å². The highest BCUT2D eigenvalue weighted by Gasteiger charge is 2.27. The first kappa shape index (κ1) is 28.4. The number of ether oxygens (including phenoxy) is 6. The van der Waals surface area contributed by atoms with Gasteiger partial charge in [0.05, 0.1) is 32.5 Å². The van der Waals surface area contributed by atoms with Gasteiger partial charge in [-0.25, -0.2) is 4.79 Å². The highest BCUT2D eigenvalue weighted by atomic mass is 16.7. The lowest BCUT2D eigenvalue weighted by Crippen LogP contribution is -2.14. The van der Waals surface area contributed by atoms with Crippen LogP contribution < -0.4 is 28.4 Å². The SMILES string of the molecule is CCOc1cc(C/C(C(=O)c2ccc(OC)cc2)=C(\C(=O)O)c2ccc3c(c2)OCO3)cc(OCC)c1OCC. The average Bonchev–Trinajstić information content (AvgIpc) is 3.42. The second-order valence-corrected chi connectivity index (χ2v) is 8.68. The molecule has 0 bridgehead atoms. The summed E-state index contributed by atoms with van der Waals surface area (Å²) in [6.07, 6.45) is -0.0203. The number of allylic oxidation sites excluding steroid dienone is 1. The van der Waals surface area contributed by atoms with Crippen LogP contribution >= 0.6 is 0 Å². The van der Waals surface area contributed by atoms with Gasteiger partial charge in [-0.05, 0) is 80.4 Å². The molecule has 1 aliphatic heterocycles. The predicted molar refractivity (Wildman–Crippen MR) is 148 cm³/mol. The number of benzene rings is 3. The highest BCUT2D eigenvalue weighted by Crippen LogP contribution is 2.41. The van der Waals surface area contributed by atoms with Crippen LogP contribution in [0.1, 0.15) is 42.3 Å². The lowest BCUT2D eigenvalue weighted by molar-refractivity contribution is -0.130. The van der Waals surface area contributed by atoms with Crippen molar-refractivity contribution in [1.29, 1.82) is 0 Å². The van der Waals surface area contributed by atoms with Crippen LogP contribution in [0.3, 0.4) is 0 Å². The van der Waals surface area contributed by atoms with E-state index < -0.39 is 11.8 Å². The van der Waals surface area contributed by atoms with E-state index >= 15 is 0 Å². The lowest BCUT2D eigenvalue weighted by Gasteiger charge is -2.18. The van der Waals surface area contributed by atoms with Crippen LogP contribution in [0.4, 0.5) is 0 Å². The van der Waals surface area contributed by atoms with Gasteiger partial charge in [0.1, 0.15) is 5.75 Å². The molecule has 0 fully saturated rings. The van der Waals surface area contributed by atoms with Gasteiger partial charge in [-0.1, -0.05) is 6.07 Å². The highest BCUT2D eigenvalue weighted by molar-refractivity contribution is 6.26. The molecule has 0 saturated carbocycles. The van der Waals surface area contributed by atoms with Gasteiger partial charge >= 0.3 is 5.97 Å². The van der Waals surface area contributed by atoms with Crippen LogP contribution in [-0.4, -0.2) is 50.6 Å². The molecule has 40 heavy (non-hydrogen) atoms. The minimum Gasteiger partial charge on any atom is -0.497 e. The van der Waals surface area contributed by atoms with Gasteiger partial charge in [-0.15, -0.1) is 0 Å². The lowest BCUT2D eigenvalue weighted by atomic mass is 9.89. The van der Waals surface area contributed by atoms with Gasteiger partial charge in [0.2, 0.25) is 12.5 Å². The van der Waals surface area contributed by atoms with E-state index in [1.165, 1.54) is 7.11 Å². The maximum atomic E-state index is 14.0. The number of ketones is 1. The summed E-state index contributed by atoms with van der Waals surface area (Å²) < 4.78 is 33.6. The number of carbonyl (C=O) groups excluding carboxylic acids is 1. The minimum atomic E-state index is -1.25. The van der Waals surface area contributed by atoms with Gasteiger partial charge < -0.3 is 33.5 Å². The molecule has 0 amide bonds. The number of carboxylic acids is 1. The van der Waals surface area contributed by atoms with Crippen molar-refractivity contribution in [2.24, 2.45) is 0 Å². The number of hydrogen-bond acceptors (Lipinski definition) is 8. The van der Waals surface area contributed by atoms with Crippen molar-refractivity contribution in [2.45, 2.75) is 27.2 Å². The zero-order valence-electron chi connectivity index (χ0n) is 22.9. The molecule has 1 heterocycles. The van der Waals surface area contributed by atoms with E-state index in [2.05, 4.69) is 0 Å². The summed E-state index contributed by atoms with van der Waals surface area (Å²) in [6.45, 7) is 6.74. The molecule has 1 N–H and O–H groups in total. The normalized spacial score (nSPS) is 12.4. The molecule has 4 rings (SSSR count). The smallest absolute Gasteiger partial charge is 0.336 e. The van der Waals surface area contributed by atoms with Crippen LogP contribution in [0.15, 0.2) is 60.2 Å². The summed E-state index contributed by atoms with van der Waals surface area (Å²) in [5.41, 5.74) is 1.17. The summed E-state index contributed by atoms with van der Waals surface area (Å²) >= 11 is 0. The van der Waals surface area contributed by atoms with Gasteiger partial charge in [0.15, 0.2) is 28.8 Å². The van der Waals surface area contributed by atoms with Crippen LogP contribution in [0.25, 0.3) is 5.57 Å². The molecule has 0 saturated heterocycles. The molecule has 3 aromatic rings. The Balaban J connectivity index is 1.90. The third-order valence-electron chi connectivity index (χ3n) is 6.15. The Bertz CT molecular complexity index is 1380. The van der Waals surface area contributed by atoms with E-state index in [-0.39, 0.29) is 24.4 Å². The van der Waals surface area contributed by atoms with Gasteiger partial charge in [0, 0.05) is 17.6 Å². The van der Waals surface area contributed by atoms with Crippen molar-refractivity contribution in [1.82, 2.24) is 0 Å². The molecular formula is C31H32O9. The molecule has 3 aromatic carbocycles. The Morgan fingerprint density at radius 3 is 1.98 bits per heavy atom. The van der Waals surface area contributed by atoms with Crippen LogP contribution in [0, 0.1) is 0 Å². The standard InChI is InChI=1S/C31H32O9/c1-5-36-26-15-19(16-27(37-6-2)30(26)38-7-3)14-23(29(32)20-8-11-22(35-4)12-9-20)28(31(33)34)21-10-13-24-25(17-21)40-18-39-24/h8-13,15-17H,5-7,14,18H2,1-4H3,(H,33,34)/b28-23+. The zero-order valence-corrected chi connectivity index (χ0v) is 22.9. The quantitative estimate of drug-likeness (QED) is 0.216. The number of rotatable bonds is 13. The molecule has 210 valence electrons. The number of Topliss-reactive ketones (excluding diaryl/α,β-unsaturated/α-hetero) is 1. The Morgan fingerprint density at radius 1 is 0.800 bits per heavy atom. The predicted octanol–water partition coefficient (Wildman–Crippen LogP) is 5.58. The second-order valence-electron chi connectivity index (χ2n) is 8.68. The fourth-order valence-corrected chi connectivity index (χ4v) is 4.43. The maximum absolute atomic E-state index is 14.0. The van der Waals surface area contributed by atoms with E-state index in [1.807, 2.05) is 20.8 Å². The van der Waals surface area contributed by atoms with Crippen molar-refractivity contribution in [3.8, 4) is 34.5 Å².